The Morgan fingerprint density at radius 1 is 1.27 bits per heavy atom. The molecule has 3 rings (SSSR count). The molecule has 0 saturated heterocycles. The number of anilines is 1. The Kier molecular flexibility index (Phi) is 3.69. The van der Waals surface area contributed by atoms with Crippen molar-refractivity contribution in [2.45, 2.75) is 0 Å². The van der Waals surface area contributed by atoms with Crippen LogP contribution in [0.25, 0.3) is 16.7 Å². The maximum absolute atomic E-state index is 9.26. The lowest BCUT2D eigenvalue weighted by Gasteiger charge is -2.00. The van der Waals surface area contributed by atoms with Crippen molar-refractivity contribution in [1.29, 1.82) is 5.26 Å². The Bertz CT molecular complexity index is 892. The molecule has 0 aliphatic carbocycles. The summed E-state index contributed by atoms with van der Waals surface area (Å²) in [7, 11) is 0. The summed E-state index contributed by atoms with van der Waals surface area (Å²) in [6.07, 6.45) is 1.50. The summed E-state index contributed by atoms with van der Waals surface area (Å²) in [5.41, 5.74) is 2.13. The van der Waals surface area contributed by atoms with Crippen molar-refractivity contribution in [2.75, 3.05) is 5.32 Å². The van der Waals surface area contributed by atoms with Crippen molar-refractivity contribution >= 4 is 34.0 Å². The van der Waals surface area contributed by atoms with Gasteiger partial charge < -0.3 is 14.8 Å². The number of hydrogen-bond donors (Lipinski definition) is 2. The van der Waals surface area contributed by atoms with Gasteiger partial charge in [0.15, 0.2) is 5.58 Å². The van der Waals surface area contributed by atoms with Crippen LogP contribution in [0, 0.1) is 11.3 Å². The van der Waals surface area contributed by atoms with Gasteiger partial charge in [0.05, 0.1) is 0 Å². The summed E-state index contributed by atoms with van der Waals surface area (Å²) < 4.78 is 5.54. The molecule has 0 unspecified atom stereocenters. The van der Waals surface area contributed by atoms with E-state index >= 15 is 0 Å². The highest BCUT2D eigenvalue weighted by Crippen LogP contribution is 2.23. The van der Waals surface area contributed by atoms with Gasteiger partial charge in [-0.05, 0) is 42.5 Å². The van der Waals surface area contributed by atoms with Gasteiger partial charge in [-0.2, -0.15) is 5.26 Å². The molecule has 0 spiro atoms. The van der Waals surface area contributed by atoms with Gasteiger partial charge in [-0.15, -0.1) is 0 Å². The quantitative estimate of drug-likeness (QED) is 0.560. The number of nitriles is 1. The van der Waals surface area contributed by atoms with Crippen LogP contribution >= 0.6 is 11.6 Å². The fraction of sp³-hybridized carbons (Fsp3) is 0. The largest absolute Gasteiger partial charge is 0.508 e. The van der Waals surface area contributed by atoms with Crippen LogP contribution in [0.4, 0.5) is 5.69 Å². The highest BCUT2D eigenvalue weighted by atomic mass is 35.5. The van der Waals surface area contributed by atoms with Crippen molar-refractivity contribution in [3.63, 3.8) is 0 Å². The van der Waals surface area contributed by atoms with E-state index in [1.807, 2.05) is 6.07 Å². The van der Waals surface area contributed by atoms with Crippen LogP contribution in [0.2, 0.25) is 5.02 Å². The lowest BCUT2D eigenvalue weighted by molar-refractivity contribution is 0.475. The van der Waals surface area contributed by atoms with Crippen LogP contribution in [-0.4, -0.2) is 10.1 Å². The van der Waals surface area contributed by atoms with E-state index < -0.39 is 0 Å². The number of nitrogens with zero attached hydrogens (tertiary/aromatic N) is 2. The standard InChI is InChI=1S/C16H10ClN3O2/c17-11-1-6-15-14(7-11)20-16(22-15)10(8-18)9-19-12-2-4-13(21)5-3-12/h1-7,9,19,21H/b10-9-. The van der Waals surface area contributed by atoms with Crippen LogP contribution in [0.3, 0.4) is 0 Å². The molecule has 6 heteroatoms. The van der Waals surface area contributed by atoms with Gasteiger partial charge in [0.2, 0.25) is 5.89 Å². The minimum absolute atomic E-state index is 0.172. The highest BCUT2D eigenvalue weighted by Gasteiger charge is 2.11. The lowest BCUT2D eigenvalue weighted by atomic mass is 10.3. The molecule has 1 aromatic heterocycles. The van der Waals surface area contributed by atoms with Gasteiger partial charge in [-0.1, -0.05) is 11.6 Å². The maximum Gasteiger partial charge on any atom is 0.239 e. The molecule has 0 radical (unpaired) electrons. The first-order valence-corrected chi connectivity index (χ1v) is 6.76. The van der Waals surface area contributed by atoms with Crippen molar-refractivity contribution in [1.82, 2.24) is 4.98 Å². The third-order valence-electron chi connectivity index (χ3n) is 2.95. The second-order valence-corrected chi connectivity index (χ2v) is 4.93. The molecule has 2 N–H and O–H groups in total. The molecular weight excluding hydrogens is 302 g/mol. The van der Waals surface area contributed by atoms with Gasteiger partial charge in [0.1, 0.15) is 22.9 Å². The maximum atomic E-state index is 9.26. The number of allylic oxidation sites excluding steroid dienone is 1. The molecule has 108 valence electrons. The molecule has 0 aliphatic heterocycles. The Hall–Kier alpha value is -2.97. The number of benzene rings is 2. The van der Waals surface area contributed by atoms with E-state index in [-0.39, 0.29) is 17.2 Å². The van der Waals surface area contributed by atoms with E-state index in [0.717, 1.165) is 5.69 Å². The average molecular weight is 312 g/mol. The summed E-state index contributed by atoms with van der Waals surface area (Å²) in [6, 6.07) is 13.6. The molecule has 3 aromatic rings. The second-order valence-electron chi connectivity index (χ2n) is 4.49. The molecule has 2 aromatic carbocycles. The minimum Gasteiger partial charge on any atom is -0.508 e. The van der Waals surface area contributed by atoms with Gasteiger partial charge in [-0.3, -0.25) is 0 Å². The number of phenols is 1. The van der Waals surface area contributed by atoms with Gasteiger partial charge in [0.25, 0.3) is 0 Å². The van der Waals surface area contributed by atoms with Crippen LogP contribution in [0.1, 0.15) is 5.89 Å². The fourth-order valence-electron chi connectivity index (χ4n) is 1.87. The first-order valence-electron chi connectivity index (χ1n) is 6.38. The lowest BCUT2D eigenvalue weighted by Crippen LogP contribution is -1.90. The summed E-state index contributed by atoms with van der Waals surface area (Å²) in [5, 5.41) is 22.0. The Balaban J connectivity index is 1.90. The summed E-state index contributed by atoms with van der Waals surface area (Å²) in [6.45, 7) is 0. The van der Waals surface area contributed by atoms with Crippen molar-refractivity contribution in [3.05, 3.63) is 59.6 Å². The molecule has 22 heavy (non-hydrogen) atoms. The zero-order valence-corrected chi connectivity index (χ0v) is 12.0. The third kappa shape index (κ3) is 2.87. The number of aromatic nitrogens is 1. The number of phenolic OH excluding ortho intramolecular Hbond substituents is 1. The highest BCUT2D eigenvalue weighted by molar-refractivity contribution is 6.31. The Morgan fingerprint density at radius 3 is 2.77 bits per heavy atom. The van der Waals surface area contributed by atoms with Crippen LogP contribution in [-0.2, 0) is 0 Å². The molecule has 0 bridgehead atoms. The van der Waals surface area contributed by atoms with E-state index in [9.17, 15) is 10.4 Å². The number of hydrogen-bond acceptors (Lipinski definition) is 5. The number of rotatable bonds is 3. The average Bonchev–Trinajstić information content (AvgIpc) is 2.92. The van der Waals surface area contributed by atoms with Gasteiger partial charge in [-0.25, -0.2) is 4.98 Å². The number of oxazole rings is 1. The monoisotopic (exact) mass is 311 g/mol. The summed E-state index contributed by atoms with van der Waals surface area (Å²) >= 11 is 5.90. The summed E-state index contributed by atoms with van der Waals surface area (Å²) in [5.74, 6) is 0.386. The molecule has 0 atom stereocenters. The van der Waals surface area contributed by atoms with E-state index in [2.05, 4.69) is 10.3 Å². The van der Waals surface area contributed by atoms with Crippen molar-refractivity contribution in [3.8, 4) is 11.8 Å². The number of halogens is 1. The van der Waals surface area contributed by atoms with Crippen LogP contribution < -0.4 is 5.32 Å². The van der Waals surface area contributed by atoms with Gasteiger partial charge >= 0.3 is 0 Å². The second kappa shape index (κ2) is 5.80. The molecular formula is C16H10ClN3O2. The molecule has 5 nitrogen and oxygen atoms in total. The number of aromatic hydroxyl groups is 1. The first-order chi connectivity index (χ1) is 10.7. The van der Waals surface area contributed by atoms with Crippen molar-refractivity contribution in [2.24, 2.45) is 0 Å². The normalized spacial score (nSPS) is 11.4. The van der Waals surface area contributed by atoms with E-state index in [1.54, 1.807) is 42.5 Å². The molecule has 0 aliphatic rings. The first kappa shape index (κ1) is 14.0. The van der Waals surface area contributed by atoms with E-state index in [4.69, 9.17) is 16.0 Å². The molecule has 0 fully saturated rings. The topological polar surface area (TPSA) is 82.1 Å². The third-order valence-corrected chi connectivity index (χ3v) is 3.19. The predicted octanol–water partition coefficient (Wildman–Crippen LogP) is 4.16. The van der Waals surface area contributed by atoms with Gasteiger partial charge in [0, 0.05) is 16.9 Å². The Morgan fingerprint density at radius 2 is 2.05 bits per heavy atom. The van der Waals surface area contributed by atoms with Crippen LogP contribution in [0.15, 0.2) is 53.1 Å². The van der Waals surface area contributed by atoms with E-state index in [0.29, 0.717) is 16.1 Å². The summed E-state index contributed by atoms with van der Waals surface area (Å²) in [4.78, 5) is 4.25. The number of nitrogens with one attached hydrogen (secondary N) is 1. The van der Waals surface area contributed by atoms with Crippen LogP contribution in [0.5, 0.6) is 5.75 Å². The SMILES string of the molecule is N#C/C(=C/Nc1ccc(O)cc1)c1nc2cc(Cl)ccc2o1. The Labute approximate surface area is 131 Å². The predicted molar refractivity (Wildman–Crippen MR) is 84.3 cm³/mol. The minimum atomic E-state index is 0.172. The van der Waals surface area contributed by atoms with E-state index in [1.165, 1.54) is 6.20 Å². The molecule has 0 amide bonds. The smallest absolute Gasteiger partial charge is 0.239 e. The number of fused-ring (bicyclic) bond motifs is 1. The zero-order chi connectivity index (χ0) is 15.5. The fourth-order valence-corrected chi connectivity index (χ4v) is 2.04. The van der Waals surface area contributed by atoms with Crippen molar-refractivity contribution < 1.29 is 9.52 Å². The zero-order valence-electron chi connectivity index (χ0n) is 11.2. The molecule has 1 heterocycles. The molecule has 0 saturated carbocycles.